The van der Waals surface area contributed by atoms with Crippen LogP contribution in [0.3, 0.4) is 0 Å². The van der Waals surface area contributed by atoms with E-state index in [0.717, 1.165) is 12.1 Å². The number of fused-ring (bicyclic) bond motifs is 1. The first-order valence-corrected chi connectivity index (χ1v) is 5.32. The smallest absolute Gasteiger partial charge is 0.354 e. The molecule has 1 unspecified atom stereocenters. The van der Waals surface area contributed by atoms with Crippen molar-refractivity contribution in [2.24, 2.45) is 7.05 Å². The molecule has 2 rings (SSSR count). The molecule has 0 aliphatic heterocycles. The Morgan fingerprint density at radius 2 is 2.25 bits per heavy atom. The number of nitrogens with zero attached hydrogens (tertiary/aromatic N) is 3. The van der Waals surface area contributed by atoms with Crippen LogP contribution in [0.1, 0.15) is 42.4 Å². The zero-order valence-electron chi connectivity index (χ0n) is 9.64. The third kappa shape index (κ3) is 1.48. The molecule has 0 saturated carbocycles. The van der Waals surface area contributed by atoms with Gasteiger partial charge >= 0.3 is 5.97 Å². The molecule has 5 nitrogen and oxygen atoms in total. The Labute approximate surface area is 93.3 Å². The molecule has 1 atom stereocenters. The highest BCUT2D eigenvalue weighted by atomic mass is 16.4. The summed E-state index contributed by atoms with van der Waals surface area (Å²) in [6, 6.07) is 0. The number of aromatic carboxylic acids is 1. The van der Waals surface area contributed by atoms with Crippen LogP contribution >= 0.6 is 0 Å². The Hall–Kier alpha value is -1.78. The van der Waals surface area contributed by atoms with Gasteiger partial charge in [-0.1, -0.05) is 13.8 Å². The van der Waals surface area contributed by atoms with Gasteiger partial charge in [-0.2, -0.15) is 0 Å². The lowest BCUT2D eigenvalue weighted by Crippen LogP contribution is -2.04. The molecule has 86 valence electrons. The summed E-state index contributed by atoms with van der Waals surface area (Å²) in [4.78, 5) is 15.4. The van der Waals surface area contributed by atoms with Gasteiger partial charge in [-0.15, -0.1) is 0 Å². The van der Waals surface area contributed by atoms with Gasteiger partial charge in [0, 0.05) is 19.4 Å². The topological polar surface area (TPSA) is 59.5 Å². The molecule has 0 amide bonds. The van der Waals surface area contributed by atoms with Crippen molar-refractivity contribution in [2.45, 2.75) is 26.2 Å². The number of aromatic nitrogens is 3. The molecule has 0 bridgehead atoms. The number of carboxylic acids is 1. The fraction of sp³-hybridized carbons (Fsp3) is 0.455. The molecule has 2 aromatic rings. The van der Waals surface area contributed by atoms with E-state index in [9.17, 15) is 4.79 Å². The molecule has 2 heterocycles. The highest BCUT2D eigenvalue weighted by Gasteiger charge is 2.16. The number of carbonyl (C=O) groups is 1. The average Bonchev–Trinajstić information content (AvgIpc) is 2.77. The first-order chi connectivity index (χ1) is 7.54. The van der Waals surface area contributed by atoms with E-state index in [1.54, 1.807) is 22.2 Å². The van der Waals surface area contributed by atoms with E-state index in [4.69, 9.17) is 5.11 Å². The number of hydrogen-bond donors (Lipinski definition) is 1. The molecule has 0 saturated heterocycles. The van der Waals surface area contributed by atoms with Gasteiger partial charge in [-0.3, -0.25) is 4.40 Å². The van der Waals surface area contributed by atoms with E-state index in [2.05, 4.69) is 18.8 Å². The summed E-state index contributed by atoms with van der Waals surface area (Å²) in [7, 11) is 1.71. The second-order valence-electron chi connectivity index (χ2n) is 4.06. The predicted molar refractivity (Wildman–Crippen MR) is 59.8 cm³/mol. The summed E-state index contributed by atoms with van der Waals surface area (Å²) in [5, 5.41) is 8.95. The maximum Gasteiger partial charge on any atom is 0.354 e. The van der Waals surface area contributed by atoms with Crippen molar-refractivity contribution in [1.82, 2.24) is 14.0 Å². The van der Waals surface area contributed by atoms with E-state index >= 15 is 0 Å². The zero-order chi connectivity index (χ0) is 11.9. The van der Waals surface area contributed by atoms with E-state index in [0.29, 0.717) is 11.7 Å². The number of hydrogen-bond acceptors (Lipinski definition) is 2. The monoisotopic (exact) mass is 221 g/mol. The fourth-order valence-corrected chi connectivity index (χ4v) is 1.72. The lowest BCUT2D eigenvalue weighted by atomic mass is 10.1. The Morgan fingerprint density at radius 3 is 2.75 bits per heavy atom. The Bertz CT molecular complexity index is 539. The second kappa shape index (κ2) is 3.66. The Kier molecular flexibility index (Phi) is 2.46. The van der Waals surface area contributed by atoms with Crippen LogP contribution in [0.4, 0.5) is 0 Å². The first kappa shape index (κ1) is 10.7. The predicted octanol–water partition coefficient (Wildman–Crippen LogP) is 1.88. The summed E-state index contributed by atoms with van der Waals surface area (Å²) >= 11 is 0. The van der Waals surface area contributed by atoms with Crippen LogP contribution in [0, 0.1) is 0 Å². The third-order valence-corrected chi connectivity index (χ3v) is 2.99. The number of carboxylic acid groups (broad SMARTS) is 1. The van der Waals surface area contributed by atoms with Crippen molar-refractivity contribution in [3.05, 3.63) is 23.8 Å². The van der Waals surface area contributed by atoms with Gasteiger partial charge in [-0.05, 0) is 12.3 Å². The van der Waals surface area contributed by atoms with Crippen LogP contribution in [0.5, 0.6) is 0 Å². The largest absolute Gasteiger partial charge is 0.477 e. The van der Waals surface area contributed by atoms with Crippen molar-refractivity contribution in [3.8, 4) is 0 Å². The van der Waals surface area contributed by atoms with Gasteiger partial charge in [-0.25, -0.2) is 9.78 Å². The summed E-state index contributed by atoms with van der Waals surface area (Å²) in [5.74, 6) is 0.138. The minimum Gasteiger partial charge on any atom is -0.477 e. The van der Waals surface area contributed by atoms with E-state index < -0.39 is 5.97 Å². The SMILES string of the molecule is CCC(C)c1cn2cc(C(=O)O)n(C)c2n1. The highest BCUT2D eigenvalue weighted by molar-refractivity contribution is 5.86. The first-order valence-electron chi connectivity index (χ1n) is 5.32. The average molecular weight is 221 g/mol. The molecule has 5 heteroatoms. The summed E-state index contributed by atoms with van der Waals surface area (Å²) in [6.07, 6.45) is 4.52. The molecule has 0 aliphatic rings. The number of aryl methyl sites for hydroxylation is 1. The lowest BCUT2D eigenvalue weighted by Gasteiger charge is -2.02. The van der Waals surface area contributed by atoms with Gasteiger partial charge in [0.15, 0.2) is 0 Å². The van der Waals surface area contributed by atoms with Crippen molar-refractivity contribution in [3.63, 3.8) is 0 Å². The maximum absolute atomic E-state index is 10.9. The molecule has 0 spiro atoms. The zero-order valence-corrected chi connectivity index (χ0v) is 9.64. The van der Waals surface area contributed by atoms with Gasteiger partial charge < -0.3 is 9.67 Å². The standard InChI is InChI=1S/C11H15N3O2/c1-4-7(2)8-5-14-6-9(10(15)16)13(3)11(14)12-8/h5-7H,4H2,1-3H3,(H,15,16). The minimum atomic E-state index is -0.932. The van der Waals surface area contributed by atoms with Crippen molar-refractivity contribution >= 4 is 11.7 Å². The van der Waals surface area contributed by atoms with Crippen LogP contribution in [-0.4, -0.2) is 25.0 Å². The molecule has 0 radical (unpaired) electrons. The lowest BCUT2D eigenvalue weighted by molar-refractivity contribution is 0.0686. The molecule has 1 N–H and O–H groups in total. The van der Waals surface area contributed by atoms with Crippen LogP contribution < -0.4 is 0 Å². The number of rotatable bonds is 3. The second-order valence-corrected chi connectivity index (χ2v) is 4.06. The fourth-order valence-electron chi connectivity index (χ4n) is 1.72. The summed E-state index contributed by atoms with van der Waals surface area (Å²) in [6.45, 7) is 4.22. The molecule has 16 heavy (non-hydrogen) atoms. The highest BCUT2D eigenvalue weighted by Crippen LogP contribution is 2.19. The minimum absolute atomic E-state index is 0.248. The van der Waals surface area contributed by atoms with Crippen molar-refractivity contribution in [1.29, 1.82) is 0 Å². The Morgan fingerprint density at radius 1 is 1.56 bits per heavy atom. The quantitative estimate of drug-likeness (QED) is 0.860. The van der Waals surface area contributed by atoms with Crippen LogP contribution in [-0.2, 0) is 7.05 Å². The number of imidazole rings is 2. The van der Waals surface area contributed by atoms with Crippen LogP contribution in [0.2, 0.25) is 0 Å². The van der Waals surface area contributed by atoms with Crippen molar-refractivity contribution < 1.29 is 9.90 Å². The van der Waals surface area contributed by atoms with Gasteiger partial charge in [0.2, 0.25) is 5.78 Å². The van der Waals surface area contributed by atoms with E-state index in [1.165, 1.54) is 0 Å². The molecule has 0 fully saturated rings. The third-order valence-electron chi connectivity index (χ3n) is 2.99. The maximum atomic E-state index is 10.9. The van der Waals surface area contributed by atoms with Gasteiger partial charge in [0.25, 0.3) is 0 Å². The summed E-state index contributed by atoms with van der Waals surface area (Å²) in [5.41, 5.74) is 1.25. The summed E-state index contributed by atoms with van der Waals surface area (Å²) < 4.78 is 3.36. The molecular formula is C11H15N3O2. The molecular weight excluding hydrogens is 206 g/mol. The van der Waals surface area contributed by atoms with E-state index in [-0.39, 0.29) is 5.69 Å². The van der Waals surface area contributed by atoms with E-state index in [1.807, 2.05) is 6.20 Å². The molecule has 2 aromatic heterocycles. The van der Waals surface area contributed by atoms with Crippen molar-refractivity contribution in [2.75, 3.05) is 0 Å². The molecule has 0 aliphatic carbocycles. The van der Waals surface area contributed by atoms with Crippen LogP contribution in [0.15, 0.2) is 12.4 Å². The van der Waals surface area contributed by atoms with Gasteiger partial charge in [0.05, 0.1) is 5.69 Å². The van der Waals surface area contributed by atoms with Gasteiger partial charge in [0.1, 0.15) is 5.69 Å². The Balaban J connectivity index is 2.54. The van der Waals surface area contributed by atoms with Crippen LogP contribution in [0.25, 0.3) is 5.78 Å². The molecule has 0 aromatic carbocycles. The normalized spacial score (nSPS) is 13.2.